The molecule has 0 radical (unpaired) electrons. The van der Waals surface area contributed by atoms with Crippen molar-refractivity contribution in [3.05, 3.63) is 81.4 Å². The molecular formula is C22H20N2O4S. The number of carbonyl (C=O) groups is 2. The number of esters is 1. The normalized spacial score (nSPS) is 16.0. The van der Waals surface area contributed by atoms with Gasteiger partial charge in [0.2, 0.25) is 0 Å². The molecule has 1 atom stereocenters. The lowest BCUT2D eigenvalue weighted by molar-refractivity contribution is -0.136. The minimum atomic E-state index is -0.507. The molecule has 0 spiro atoms. The van der Waals surface area contributed by atoms with Crippen molar-refractivity contribution in [3.8, 4) is 0 Å². The molecule has 1 amide bonds. The first-order chi connectivity index (χ1) is 14.0. The Morgan fingerprint density at radius 1 is 1.17 bits per heavy atom. The molecule has 0 fully saturated rings. The quantitative estimate of drug-likeness (QED) is 0.583. The third-order valence-corrected chi connectivity index (χ3v) is 5.67. The molecule has 29 heavy (non-hydrogen) atoms. The average Bonchev–Trinajstić information content (AvgIpc) is 3.46. The Morgan fingerprint density at radius 2 is 1.97 bits per heavy atom. The summed E-state index contributed by atoms with van der Waals surface area (Å²) in [4.78, 5) is 26.5. The maximum Gasteiger partial charge on any atom is 0.348 e. The van der Waals surface area contributed by atoms with Gasteiger partial charge in [-0.15, -0.1) is 11.3 Å². The summed E-state index contributed by atoms with van der Waals surface area (Å²) in [6.07, 6.45) is 2.10. The second-order valence-corrected chi connectivity index (χ2v) is 8.16. The maximum atomic E-state index is 12.8. The van der Waals surface area contributed by atoms with E-state index in [-0.39, 0.29) is 12.6 Å². The summed E-state index contributed by atoms with van der Waals surface area (Å²) in [7, 11) is 0. The number of hydrogen-bond acceptors (Lipinski definition) is 6. The summed E-state index contributed by atoms with van der Waals surface area (Å²) in [6.45, 7) is 3.55. The molecule has 2 aromatic heterocycles. The van der Waals surface area contributed by atoms with Crippen molar-refractivity contribution in [2.45, 2.75) is 26.3 Å². The highest BCUT2D eigenvalue weighted by atomic mass is 32.1. The number of aryl methyl sites for hydroxylation is 2. The smallest absolute Gasteiger partial charge is 0.348 e. The number of nitrogens with zero attached hydrogens (tertiary/aromatic N) is 2. The van der Waals surface area contributed by atoms with E-state index in [0.717, 1.165) is 21.7 Å². The summed E-state index contributed by atoms with van der Waals surface area (Å²) in [6, 6.07) is 14.8. The Morgan fingerprint density at radius 3 is 2.62 bits per heavy atom. The summed E-state index contributed by atoms with van der Waals surface area (Å²) >= 11 is 1.34. The topological polar surface area (TPSA) is 72.1 Å². The number of benzene rings is 1. The number of carbonyl (C=O) groups excluding carboxylic acids is 2. The lowest BCUT2D eigenvalue weighted by Gasteiger charge is -2.19. The van der Waals surface area contributed by atoms with Gasteiger partial charge in [0.05, 0.1) is 12.0 Å². The number of hydrogen-bond donors (Lipinski definition) is 0. The highest BCUT2D eigenvalue weighted by molar-refractivity contribution is 7.13. The minimum absolute atomic E-state index is 0.364. The van der Waals surface area contributed by atoms with Crippen LogP contribution in [0.4, 0.5) is 0 Å². The third kappa shape index (κ3) is 4.14. The van der Waals surface area contributed by atoms with Crippen LogP contribution in [0.15, 0.2) is 64.3 Å². The molecule has 0 saturated carbocycles. The summed E-state index contributed by atoms with van der Waals surface area (Å²) < 4.78 is 10.7. The number of thiophene rings is 1. The van der Waals surface area contributed by atoms with Crippen LogP contribution in [0.5, 0.6) is 0 Å². The highest BCUT2D eigenvalue weighted by Gasteiger charge is 2.35. The Labute approximate surface area is 172 Å². The van der Waals surface area contributed by atoms with Gasteiger partial charge >= 0.3 is 5.97 Å². The lowest BCUT2D eigenvalue weighted by Crippen LogP contribution is -2.31. The summed E-state index contributed by atoms with van der Waals surface area (Å²) in [5, 5.41) is 5.89. The SMILES string of the molecule is Cc1ccc(C2=NN(C(=O)COC(=O)c3ccc(C)s3)[C@@H](c3ccco3)C2)cc1. The van der Waals surface area contributed by atoms with E-state index in [1.165, 1.54) is 16.3 Å². The predicted octanol–water partition coefficient (Wildman–Crippen LogP) is 4.49. The zero-order chi connectivity index (χ0) is 20.4. The molecule has 1 aromatic carbocycles. The first kappa shape index (κ1) is 19.1. The first-order valence-electron chi connectivity index (χ1n) is 9.25. The van der Waals surface area contributed by atoms with Crippen LogP contribution in [0.3, 0.4) is 0 Å². The summed E-state index contributed by atoms with van der Waals surface area (Å²) in [5.41, 5.74) is 2.90. The Balaban J connectivity index is 1.52. The number of rotatable bonds is 5. The van der Waals surface area contributed by atoms with Gasteiger partial charge in [-0.3, -0.25) is 4.79 Å². The zero-order valence-corrected chi connectivity index (χ0v) is 16.9. The van der Waals surface area contributed by atoms with Crippen molar-refractivity contribution in [1.29, 1.82) is 0 Å². The highest BCUT2D eigenvalue weighted by Crippen LogP contribution is 2.33. The van der Waals surface area contributed by atoms with Gasteiger partial charge in [-0.1, -0.05) is 29.8 Å². The largest absolute Gasteiger partial charge is 0.467 e. The molecule has 7 heteroatoms. The number of ether oxygens (including phenoxy) is 1. The molecule has 4 rings (SSSR count). The summed E-state index contributed by atoms with van der Waals surface area (Å²) in [5.74, 6) is -0.257. The van der Waals surface area contributed by atoms with Crippen LogP contribution in [0.1, 0.15) is 43.9 Å². The molecule has 1 aliphatic heterocycles. The van der Waals surface area contributed by atoms with Crippen LogP contribution in [-0.2, 0) is 9.53 Å². The fourth-order valence-corrected chi connectivity index (χ4v) is 3.93. The van der Waals surface area contributed by atoms with Gasteiger partial charge in [0.15, 0.2) is 6.61 Å². The third-order valence-electron chi connectivity index (χ3n) is 4.69. The van der Waals surface area contributed by atoms with Crippen LogP contribution in [0.2, 0.25) is 0 Å². The number of furan rings is 1. The molecule has 0 bridgehead atoms. The van der Waals surface area contributed by atoms with Crippen LogP contribution in [0.25, 0.3) is 0 Å². The molecule has 0 aliphatic carbocycles. The van der Waals surface area contributed by atoms with Crippen molar-refractivity contribution >= 4 is 28.9 Å². The van der Waals surface area contributed by atoms with Gasteiger partial charge in [-0.25, -0.2) is 9.80 Å². The molecule has 0 saturated heterocycles. The van der Waals surface area contributed by atoms with E-state index in [9.17, 15) is 9.59 Å². The standard InChI is InChI=1S/C22H20N2O4S/c1-14-5-8-16(9-6-14)17-12-18(19-4-3-11-27-19)24(23-17)21(25)13-28-22(26)20-10-7-15(2)29-20/h3-11,18H,12-13H2,1-2H3/t18-/m1/s1. The van der Waals surface area contributed by atoms with E-state index < -0.39 is 11.9 Å². The predicted molar refractivity (Wildman–Crippen MR) is 110 cm³/mol. The van der Waals surface area contributed by atoms with E-state index in [2.05, 4.69) is 5.10 Å². The first-order valence-corrected chi connectivity index (χ1v) is 10.1. The van der Waals surface area contributed by atoms with Crippen LogP contribution in [0, 0.1) is 13.8 Å². The Bertz CT molecular complexity index is 1050. The van der Waals surface area contributed by atoms with E-state index in [0.29, 0.717) is 17.1 Å². The Hall–Kier alpha value is -3.19. The van der Waals surface area contributed by atoms with Gasteiger partial charge in [-0.2, -0.15) is 5.10 Å². The maximum absolute atomic E-state index is 12.8. The van der Waals surface area contributed by atoms with Gasteiger partial charge < -0.3 is 9.15 Å². The van der Waals surface area contributed by atoms with Gasteiger partial charge in [0, 0.05) is 11.3 Å². The molecule has 0 N–H and O–H groups in total. The molecular weight excluding hydrogens is 388 g/mol. The van der Waals surface area contributed by atoms with Gasteiger partial charge in [0.25, 0.3) is 5.91 Å². The van der Waals surface area contributed by atoms with Gasteiger partial charge in [-0.05, 0) is 43.7 Å². The van der Waals surface area contributed by atoms with Crippen LogP contribution >= 0.6 is 11.3 Å². The number of hydrazone groups is 1. The minimum Gasteiger partial charge on any atom is -0.467 e. The second-order valence-electron chi connectivity index (χ2n) is 6.87. The van der Waals surface area contributed by atoms with Crippen LogP contribution in [-0.4, -0.2) is 29.2 Å². The van der Waals surface area contributed by atoms with Crippen molar-refractivity contribution < 1.29 is 18.7 Å². The van der Waals surface area contributed by atoms with Crippen molar-refractivity contribution in [2.24, 2.45) is 5.10 Å². The van der Waals surface area contributed by atoms with Crippen molar-refractivity contribution in [1.82, 2.24) is 5.01 Å². The average molecular weight is 408 g/mol. The second kappa shape index (κ2) is 8.05. The zero-order valence-electron chi connectivity index (χ0n) is 16.1. The van der Waals surface area contributed by atoms with Crippen molar-refractivity contribution in [2.75, 3.05) is 6.61 Å². The van der Waals surface area contributed by atoms with Crippen molar-refractivity contribution in [3.63, 3.8) is 0 Å². The Kier molecular flexibility index (Phi) is 5.31. The van der Waals surface area contributed by atoms with Gasteiger partial charge in [0.1, 0.15) is 16.7 Å². The molecule has 1 aliphatic rings. The van der Waals surface area contributed by atoms with E-state index in [4.69, 9.17) is 9.15 Å². The molecule has 0 unspecified atom stereocenters. The van der Waals surface area contributed by atoms with Crippen LogP contribution < -0.4 is 0 Å². The van der Waals surface area contributed by atoms with E-state index in [1.807, 2.05) is 50.2 Å². The fourth-order valence-electron chi connectivity index (χ4n) is 3.17. The molecule has 6 nitrogen and oxygen atoms in total. The lowest BCUT2D eigenvalue weighted by atomic mass is 10.0. The fraction of sp³-hybridized carbons (Fsp3) is 0.227. The van der Waals surface area contributed by atoms with E-state index in [1.54, 1.807) is 18.4 Å². The molecule has 3 heterocycles. The van der Waals surface area contributed by atoms with E-state index >= 15 is 0 Å². The number of amides is 1. The monoisotopic (exact) mass is 408 g/mol. The molecule has 148 valence electrons. The molecule has 3 aromatic rings.